The Morgan fingerprint density at radius 1 is 1.17 bits per heavy atom. The van der Waals surface area contributed by atoms with Gasteiger partial charge in [-0.3, -0.25) is 10.1 Å². The van der Waals surface area contributed by atoms with Gasteiger partial charge in [-0.25, -0.2) is 0 Å². The minimum atomic E-state index is -0.866. The van der Waals surface area contributed by atoms with Crippen LogP contribution in [0.4, 0.5) is 0 Å². The molecule has 4 rings (SSSR count). The lowest BCUT2D eigenvalue weighted by Crippen LogP contribution is -2.34. The van der Waals surface area contributed by atoms with Gasteiger partial charge < -0.3 is 14.8 Å². The maximum absolute atomic E-state index is 11.5. The second-order valence-electron chi connectivity index (χ2n) is 5.95. The number of para-hydroxylation sites is 1. The van der Waals surface area contributed by atoms with Crippen LogP contribution < -0.4 is 10.1 Å². The van der Waals surface area contributed by atoms with Gasteiger partial charge in [0.15, 0.2) is 0 Å². The summed E-state index contributed by atoms with van der Waals surface area (Å²) < 4.78 is 5.98. The van der Waals surface area contributed by atoms with Crippen molar-refractivity contribution in [3.8, 4) is 5.75 Å². The molecule has 1 aliphatic rings. The van der Waals surface area contributed by atoms with Crippen molar-refractivity contribution < 1.29 is 14.6 Å². The second kappa shape index (κ2) is 6.02. The van der Waals surface area contributed by atoms with E-state index in [-0.39, 0.29) is 0 Å². The summed E-state index contributed by atoms with van der Waals surface area (Å²) in [6, 6.07) is 15.2. The normalized spacial score (nSPS) is 16.8. The molecule has 5 nitrogen and oxygen atoms in total. The van der Waals surface area contributed by atoms with Crippen LogP contribution in [0.1, 0.15) is 22.9 Å². The highest BCUT2D eigenvalue weighted by atomic mass is 16.5. The summed E-state index contributed by atoms with van der Waals surface area (Å²) in [5, 5.41) is 13.5. The van der Waals surface area contributed by atoms with Gasteiger partial charge in [0.2, 0.25) is 0 Å². The predicted molar refractivity (Wildman–Crippen MR) is 91.2 cm³/mol. The van der Waals surface area contributed by atoms with Crippen LogP contribution in [0, 0.1) is 0 Å². The first-order valence-corrected chi connectivity index (χ1v) is 8.00. The largest absolute Gasteiger partial charge is 0.487 e. The van der Waals surface area contributed by atoms with E-state index in [1.54, 1.807) is 0 Å². The fourth-order valence-corrected chi connectivity index (χ4v) is 3.29. The van der Waals surface area contributed by atoms with E-state index in [0.717, 1.165) is 39.9 Å². The number of ether oxygens (including phenoxy) is 1. The van der Waals surface area contributed by atoms with Crippen LogP contribution in [0.5, 0.6) is 5.75 Å². The van der Waals surface area contributed by atoms with E-state index in [9.17, 15) is 9.90 Å². The van der Waals surface area contributed by atoms with Crippen LogP contribution in [-0.4, -0.2) is 22.6 Å². The fraction of sp³-hybridized carbons (Fsp3) is 0.211. The third-order valence-electron chi connectivity index (χ3n) is 4.43. The Morgan fingerprint density at radius 3 is 2.79 bits per heavy atom. The molecule has 0 bridgehead atoms. The smallest absolute Gasteiger partial charge is 0.326 e. The molecule has 0 saturated carbocycles. The number of carbonyl (C=O) groups is 1. The second-order valence-corrected chi connectivity index (χ2v) is 5.95. The Balaban J connectivity index is 1.71. The van der Waals surface area contributed by atoms with E-state index in [1.807, 2.05) is 48.5 Å². The van der Waals surface area contributed by atoms with Gasteiger partial charge in [0.1, 0.15) is 18.4 Å². The lowest BCUT2D eigenvalue weighted by atomic mass is 9.99. The van der Waals surface area contributed by atoms with E-state index in [0.29, 0.717) is 13.2 Å². The Hall–Kier alpha value is -2.79. The number of benzene rings is 2. The van der Waals surface area contributed by atoms with Crippen molar-refractivity contribution in [2.24, 2.45) is 0 Å². The van der Waals surface area contributed by atoms with Crippen LogP contribution in [0.3, 0.4) is 0 Å². The van der Waals surface area contributed by atoms with Gasteiger partial charge in [-0.15, -0.1) is 0 Å². The van der Waals surface area contributed by atoms with Gasteiger partial charge >= 0.3 is 5.97 Å². The first kappa shape index (κ1) is 14.8. The molecule has 3 aromatic rings. The molecule has 1 aliphatic heterocycles. The van der Waals surface area contributed by atoms with Crippen molar-refractivity contribution >= 4 is 16.9 Å². The number of aromatic nitrogens is 1. The molecule has 1 aromatic heterocycles. The summed E-state index contributed by atoms with van der Waals surface area (Å²) in [5.41, 5.74) is 3.77. The van der Waals surface area contributed by atoms with E-state index < -0.39 is 12.0 Å². The Bertz CT molecular complexity index is 886. The van der Waals surface area contributed by atoms with Crippen molar-refractivity contribution in [2.45, 2.75) is 19.1 Å². The van der Waals surface area contributed by atoms with Crippen LogP contribution in [0.2, 0.25) is 0 Å². The molecule has 122 valence electrons. The minimum absolute atomic E-state index is 0.476. The number of H-pyrrole nitrogens is 1. The zero-order valence-electron chi connectivity index (χ0n) is 13.1. The van der Waals surface area contributed by atoms with Gasteiger partial charge in [-0.1, -0.05) is 42.5 Å². The Morgan fingerprint density at radius 2 is 2.00 bits per heavy atom. The monoisotopic (exact) mass is 322 g/mol. The molecule has 0 radical (unpaired) electrons. The first-order valence-electron chi connectivity index (χ1n) is 8.00. The molecular weight excluding hydrogens is 304 g/mol. The Labute approximate surface area is 139 Å². The quantitative estimate of drug-likeness (QED) is 0.690. The van der Waals surface area contributed by atoms with Crippen molar-refractivity contribution in [1.82, 2.24) is 10.3 Å². The highest BCUT2D eigenvalue weighted by molar-refractivity contribution is 5.92. The van der Waals surface area contributed by atoms with Crippen molar-refractivity contribution in [1.29, 1.82) is 0 Å². The molecule has 1 unspecified atom stereocenters. The molecule has 0 amide bonds. The highest BCUT2D eigenvalue weighted by Gasteiger charge is 2.29. The average molecular weight is 322 g/mol. The number of hydrogen-bond donors (Lipinski definition) is 3. The molecule has 2 heterocycles. The van der Waals surface area contributed by atoms with Gasteiger partial charge in [0.25, 0.3) is 0 Å². The van der Waals surface area contributed by atoms with Gasteiger partial charge in [0.05, 0.1) is 5.52 Å². The predicted octanol–water partition coefficient (Wildman–Crippen LogP) is 3.02. The molecule has 0 spiro atoms. The lowest BCUT2D eigenvalue weighted by Gasteiger charge is -2.20. The number of hydrogen-bond acceptors (Lipinski definition) is 3. The zero-order chi connectivity index (χ0) is 16.5. The third-order valence-corrected chi connectivity index (χ3v) is 4.43. The first-order chi connectivity index (χ1) is 11.7. The molecular formula is C19H18N2O3. The summed E-state index contributed by atoms with van der Waals surface area (Å²) in [6.45, 7) is 1.14. The van der Waals surface area contributed by atoms with E-state index >= 15 is 0 Å². The number of nitrogens with one attached hydrogen (secondary N) is 2. The molecule has 3 N–H and O–H groups in total. The standard InChI is InChI=1S/C19H18N2O3/c22-19(23)18-17-14(9-10-20-18)13-7-4-8-15(16(13)21-17)24-11-12-5-2-1-3-6-12/h1-8,18,20-21H,9-11H2,(H,22,23). The number of aliphatic carboxylic acids is 1. The number of aromatic amines is 1. The summed E-state index contributed by atoms with van der Waals surface area (Å²) in [6.07, 6.45) is 0.807. The summed E-state index contributed by atoms with van der Waals surface area (Å²) >= 11 is 0. The molecule has 0 aliphatic carbocycles. The number of rotatable bonds is 4. The number of carboxylic acid groups (broad SMARTS) is 1. The molecule has 24 heavy (non-hydrogen) atoms. The molecule has 1 atom stereocenters. The van der Waals surface area contributed by atoms with Crippen LogP contribution in [0.15, 0.2) is 48.5 Å². The van der Waals surface area contributed by atoms with Crippen molar-refractivity contribution in [3.63, 3.8) is 0 Å². The van der Waals surface area contributed by atoms with Gasteiger partial charge in [-0.05, 0) is 23.6 Å². The average Bonchev–Trinajstić information content (AvgIpc) is 3.00. The number of fused-ring (bicyclic) bond motifs is 3. The van der Waals surface area contributed by atoms with Crippen molar-refractivity contribution in [3.05, 3.63) is 65.4 Å². The molecule has 0 saturated heterocycles. The minimum Gasteiger partial charge on any atom is -0.487 e. The topological polar surface area (TPSA) is 74.4 Å². The zero-order valence-corrected chi connectivity index (χ0v) is 13.1. The van der Waals surface area contributed by atoms with E-state index in [4.69, 9.17) is 4.74 Å². The molecule has 5 heteroatoms. The van der Waals surface area contributed by atoms with Crippen molar-refractivity contribution in [2.75, 3.05) is 6.54 Å². The van der Waals surface area contributed by atoms with Gasteiger partial charge in [0, 0.05) is 17.6 Å². The van der Waals surface area contributed by atoms with Crippen LogP contribution in [0.25, 0.3) is 10.9 Å². The fourth-order valence-electron chi connectivity index (χ4n) is 3.29. The number of carboxylic acids is 1. The lowest BCUT2D eigenvalue weighted by molar-refractivity contribution is -0.139. The third kappa shape index (κ3) is 2.53. The maximum atomic E-state index is 11.5. The molecule has 2 aromatic carbocycles. The Kier molecular flexibility index (Phi) is 3.70. The highest BCUT2D eigenvalue weighted by Crippen LogP contribution is 2.34. The maximum Gasteiger partial charge on any atom is 0.326 e. The van der Waals surface area contributed by atoms with E-state index in [2.05, 4.69) is 10.3 Å². The summed E-state index contributed by atoms with van der Waals surface area (Å²) in [5.74, 6) is -0.121. The van der Waals surface area contributed by atoms with Crippen LogP contribution >= 0.6 is 0 Å². The van der Waals surface area contributed by atoms with Crippen LogP contribution in [-0.2, 0) is 17.8 Å². The van der Waals surface area contributed by atoms with Gasteiger partial charge in [-0.2, -0.15) is 0 Å². The SMILES string of the molecule is O=C(O)C1NCCc2c1[nH]c1c(OCc3ccccc3)cccc21. The molecule has 0 fully saturated rings. The summed E-state index contributed by atoms with van der Waals surface area (Å²) in [7, 11) is 0. The summed E-state index contributed by atoms with van der Waals surface area (Å²) in [4.78, 5) is 14.8. The van der Waals surface area contributed by atoms with E-state index in [1.165, 1.54) is 0 Å².